The molecular formula is C16H22N2O2S. The lowest BCUT2D eigenvalue weighted by Gasteiger charge is -2.12. The lowest BCUT2D eigenvalue weighted by molar-refractivity contribution is 0.281. The molecule has 1 aromatic heterocycles. The first kappa shape index (κ1) is 15.8. The highest BCUT2D eigenvalue weighted by atomic mass is 32.1. The minimum absolute atomic E-state index is 0.129. The van der Waals surface area contributed by atoms with Gasteiger partial charge >= 0.3 is 0 Å². The van der Waals surface area contributed by atoms with Crippen LogP contribution in [0, 0.1) is 0 Å². The lowest BCUT2D eigenvalue weighted by Crippen LogP contribution is -2.17. The minimum Gasteiger partial charge on any atom is -0.493 e. The average molecular weight is 306 g/mol. The predicted molar refractivity (Wildman–Crippen MR) is 86.2 cm³/mol. The third-order valence-corrected chi connectivity index (χ3v) is 4.10. The summed E-state index contributed by atoms with van der Waals surface area (Å²) in [5.41, 5.74) is 7.93. The number of aromatic nitrogens is 1. The third kappa shape index (κ3) is 4.44. The van der Waals surface area contributed by atoms with E-state index in [9.17, 15) is 0 Å². The molecule has 0 aliphatic heterocycles. The summed E-state index contributed by atoms with van der Waals surface area (Å²) in [6.45, 7) is 4.55. The smallest absolute Gasteiger partial charge is 0.161 e. The molecule has 1 atom stereocenters. The summed E-state index contributed by atoms with van der Waals surface area (Å²) in [4.78, 5) is 4.49. The Labute approximate surface area is 129 Å². The van der Waals surface area contributed by atoms with Gasteiger partial charge in [0.15, 0.2) is 11.5 Å². The van der Waals surface area contributed by atoms with Crippen molar-refractivity contribution in [1.82, 2.24) is 4.98 Å². The van der Waals surface area contributed by atoms with E-state index in [2.05, 4.69) is 11.9 Å². The lowest BCUT2D eigenvalue weighted by atomic mass is 10.1. The second-order valence-electron chi connectivity index (χ2n) is 5.04. The molecule has 21 heavy (non-hydrogen) atoms. The van der Waals surface area contributed by atoms with Crippen molar-refractivity contribution >= 4 is 11.3 Å². The summed E-state index contributed by atoms with van der Waals surface area (Å²) in [6, 6.07) is 6.07. The van der Waals surface area contributed by atoms with Gasteiger partial charge in [0.1, 0.15) is 6.61 Å². The molecule has 2 N–H and O–H groups in total. The Bertz CT molecular complexity index is 581. The second kappa shape index (κ2) is 7.43. The van der Waals surface area contributed by atoms with Crippen LogP contribution < -0.4 is 15.2 Å². The number of rotatable bonds is 7. The van der Waals surface area contributed by atoms with Gasteiger partial charge in [0, 0.05) is 11.4 Å². The van der Waals surface area contributed by atoms with Crippen molar-refractivity contribution < 1.29 is 9.47 Å². The van der Waals surface area contributed by atoms with E-state index in [1.807, 2.05) is 30.5 Å². The molecule has 0 amide bonds. The van der Waals surface area contributed by atoms with E-state index < -0.39 is 0 Å². The summed E-state index contributed by atoms with van der Waals surface area (Å²) in [5, 5.41) is 3.17. The standard InChI is InChI=1S/C16H22N2O2S/c1-4-16-18-13(10-21-16)9-20-14-6-5-12(7-11(2)17)8-15(14)19-3/h5-6,8,10-11H,4,7,9,17H2,1-3H3. The Morgan fingerprint density at radius 2 is 2.14 bits per heavy atom. The summed E-state index contributed by atoms with van der Waals surface area (Å²) < 4.78 is 11.2. The first-order chi connectivity index (χ1) is 10.1. The van der Waals surface area contributed by atoms with Gasteiger partial charge in [0.05, 0.1) is 17.8 Å². The number of nitrogens with two attached hydrogens (primary N) is 1. The molecule has 0 aliphatic carbocycles. The minimum atomic E-state index is 0.129. The van der Waals surface area contributed by atoms with Crippen molar-refractivity contribution in [1.29, 1.82) is 0 Å². The van der Waals surface area contributed by atoms with Crippen molar-refractivity contribution in [3.05, 3.63) is 39.8 Å². The van der Waals surface area contributed by atoms with Crippen molar-refractivity contribution in [3.8, 4) is 11.5 Å². The third-order valence-electron chi connectivity index (χ3n) is 3.06. The molecule has 5 heteroatoms. The topological polar surface area (TPSA) is 57.4 Å². The second-order valence-corrected chi connectivity index (χ2v) is 5.98. The Morgan fingerprint density at radius 3 is 2.76 bits per heavy atom. The van der Waals surface area contributed by atoms with Crippen molar-refractivity contribution in [2.24, 2.45) is 5.73 Å². The fourth-order valence-corrected chi connectivity index (χ4v) is 2.79. The molecule has 1 aromatic carbocycles. The SMILES string of the molecule is CCc1nc(COc2ccc(CC(C)N)cc2OC)cs1. The van der Waals surface area contributed by atoms with Gasteiger partial charge in [0.2, 0.25) is 0 Å². The van der Waals surface area contributed by atoms with Gasteiger partial charge in [-0.15, -0.1) is 11.3 Å². The van der Waals surface area contributed by atoms with Crippen LogP contribution in [0.2, 0.25) is 0 Å². The maximum absolute atomic E-state index is 5.82. The van der Waals surface area contributed by atoms with Gasteiger partial charge in [-0.05, 0) is 37.5 Å². The number of aryl methyl sites for hydroxylation is 1. The Kier molecular flexibility index (Phi) is 5.59. The fraction of sp³-hybridized carbons (Fsp3) is 0.438. The Balaban J connectivity index is 2.05. The first-order valence-electron chi connectivity index (χ1n) is 7.11. The zero-order chi connectivity index (χ0) is 15.2. The molecule has 0 fully saturated rings. The van der Waals surface area contributed by atoms with Gasteiger partial charge in [-0.3, -0.25) is 0 Å². The molecule has 0 aliphatic rings. The van der Waals surface area contributed by atoms with Crippen LogP contribution in [0.1, 0.15) is 30.1 Å². The average Bonchev–Trinajstić information content (AvgIpc) is 2.93. The summed E-state index contributed by atoms with van der Waals surface area (Å²) >= 11 is 1.67. The van der Waals surface area contributed by atoms with Gasteiger partial charge in [-0.1, -0.05) is 13.0 Å². The summed E-state index contributed by atoms with van der Waals surface area (Å²) in [6.07, 6.45) is 1.78. The fourth-order valence-electron chi connectivity index (χ4n) is 2.06. The molecule has 114 valence electrons. The van der Waals surface area contributed by atoms with Crippen LogP contribution in [0.15, 0.2) is 23.6 Å². The summed E-state index contributed by atoms with van der Waals surface area (Å²) in [7, 11) is 1.65. The number of nitrogens with zero attached hydrogens (tertiary/aromatic N) is 1. The monoisotopic (exact) mass is 306 g/mol. The maximum atomic E-state index is 5.82. The van der Waals surface area contributed by atoms with Crippen LogP contribution in [0.4, 0.5) is 0 Å². The molecule has 4 nitrogen and oxygen atoms in total. The van der Waals surface area contributed by atoms with Crippen molar-refractivity contribution in [2.45, 2.75) is 39.3 Å². The number of benzene rings is 1. The van der Waals surface area contributed by atoms with Crippen LogP contribution in [-0.2, 0) is 19.4 Å². The molecule has 2 aromatic rings. The number of ether oxygens (including phenoxy) is 2. The number of thiazole rings is 1. The van der Waals surface area contributed by atoms with E-state index >= 15 is 0 Å². The van der Waals surface area contributed by atoms with Crippen LogP contribution >= 0.6 is 11.3 Å². The van der Waals surface area contributed by atoms with E-state index in [4.69, 9.17) is 15.2 Å². The van der Waals surface area contributed by atoms with Crippen LogP contribution in [-0.4, -0.2) is 18.1 Å². The Morgan fingerprint density at radius 1 is 1.33 bits per heavy atom. The van der Waals surface area contributed by atoms with Crippen molar-refractivity contribution in [2.75, 3.05) is 7.11 Å². The number of hydrogen-bond acceptors (Lipinski definition) is 5. The van der Waals surface area contributed by atoms with E-state index in [1.54, 1.807) is 18.4 Å². The number of hydrogen-bond donors (Lipinski definition) is 1. The van der Waals surface area contributed by atoms with Crippen LogP contribution in [0.3, 0.4) is 0 Å². The molecular weight excluding hydrogens is 284 g/mol. The predicted octanol–water partition coefficient (Wildman–Crippen LogP) is 3.18. The number of methoxy groups -OCH3 is 1. The highest BCUT2D eigenvalue weighted by Crippen LogP contribution is 2.29. The van der Waals surface area contributed by atoms with Crippen LogP contribution in [0.25, 0.3) is 0 Å². The molecule has 0 saturated carbocycles. The van der Waals surface area contributed by atoms with Gasteiger partial charge in [-0.25, -0.2) is 4.98 Å². The zero-order valence-corrected chi connectivity index (χ0v) is 13.6. The largest absolute Gasteiger partial charge is 0.493 e. The zero-order valence-electron chi connectivity index (χ0n) is 12.8. The van der Waals surface area contributed by atoms with E-state index in [0.29, 0.717) is 6.61 Å². The molecule has 2 rings (SSSR count). The highest BCUT2D eigenvalue weighted by molar-refractivity contribution is 7.09. The van der Waals surface area contributed by atoms with Gasteiger partial charge in [0.25, 0.3) is 0 Å². The normalized spacial score (nSPS) is 12.2. The first-order valence-corrected chi connectivity index (χ1v) is 7.99. The Hall–Kier alpha value is -1.59. The van der Waals surface area contributed by atoms with E-state index in [-0.39, 0.29) is 6.04 Å². The van der Waals surface area contributed by atoms with E-state index in [0.717, 1.165) is 40.6 Å². The quantitative estimate of drug-likeness (QED) is 0.853. The van der Waals surface area contributed by atoms with Gasteiger partial charge < -0.3 is 15.2 Å². The summed E-state index contributed by atoms with van der Waals surface area (Å²) in [5.74, 6) is 1.47. The van der Waals surface area contributed by atoms with E-state index in [1.165, 1.54) is 0 Å². The maximum Gasteiger partial charge on any atom is 0.161 e. The molecule has 1 heterocycles. The van der Waals surface area contributed by atoms with Crippen molar-refractivity contribution in [3.63, 3.8) is 0 Å². The molecule has 1 unspecified atom stereocenters. The molecule has 0 bridgehead atoms. The van der Waals surface area contributed by atoms with Crippen LogP contribution in [0.5, 0.6) is 11.5 Å². The molecule has 0 spiro atoms. The molecule has 0 saturated heterocycles. The molecule has 0 radical (unpaired) electrons. The van der Waals surface area contributed by atoms with Gasteiger partial charge in [-0.2, -0.15) is 0 Å². The highest BCUT2D eigenvalue weighted by Gasteiger charge is 2.08.